The average molecular weight is 521 g/mol. The molecule has 2 aromatic rings. The molecule has 1 aliphatic heterocycles. The minimum Gasteiger partial charge on any atom is -0.325 e. The number of carbonyl (C=O) groups is 2. The Labute approximate surface area is 183 Å². The first kappa shape index (κ1) is 20.6. The lowest BCUT2D eigenvalue weighted by atomic mass is 9.87. The number of nitrogens with one attached hydrogen (secondary N) is 2. The van der Waals surface area contributed by atoms with Gasteiger partial charge in [0.15, 0.2) is 0 Å². The van der Waals surface area contributed by atoms with Crippen LogP contribution in [0.2, 0.25) is 0 Å². The molecule has 142 valence electrons. The van der Waals surface area contributed by atoms with Gasteiger partial charge in [-0.3, -0.25) is 9.59 Å². The predicted octanol–water partition coefficient (Wildman–Crippen LogP) is 4.92. The van der Waals surface area contributed by atoms with E-state index in [4.69, 9.17) is 0 Å². The number of amides is 2. The molecule has 1 heterocycles. The molecule has 0 unspecified atom stereocenters. The molecule has 0 aliphatic carbocycles. The molecule has 1 aliphatic rings. The molecule has 0 saturated carbocycles. The second-order valence-corrected chi connectivity index (χ2v) is 8.87. The van der Waals surface area contributed by atoms with Gasteiger partial charge in [-0.15, -0.1) is 0 Å². The standard InChI is InChI=1S/C20H15Br2N3O2S/c21-13-3-1-12(2-4-13)16-9-18(26)25-20(17(16)10-23)28-11-19(27)24-15-7-5-14(22)6-8-15/h1-8,16H,9,11H2,(H,24,27)(H,25,26)/t16-/m1/s1. The van der Waals surface area contributed by atoms with Crippen LogP contribution >= 0.6 is 43.6 Å². The zero-order valence-corrected chi connectivity index (χ0v) is 18.5. The number of nitrogens with zero attached hydrogens (tertiary/aromatic N) is 1. The van der Waals surface area contributed by atoms with Gasteiger partial charge in [-0.1, -0.05) is 55.8 Å². The van der Waals surface area contributed by atoms with E-state index in [1.807, 2.05) is 36.4 Å². The van der Waals surface area contributed by atoms with E-state index in [0.717, 1.165) is 26.3 Å². The van der Waals surface area contributed by atoms with Crippen molar-refractivity contribution in [2.24, 2.45) is 0 Å². The minimum absolute atomic E-state index is 0.0872. The Balaban J connectivity index is 1.73. The quantitative estimate of drug-likeness (QED) is 0.586. The summed E-state index contributed by atoms with van der Waals surface area (Å²) in [6.45, 7) is 0. The number of allylic oxidation sites excluding steroid dienone is 1. The highest BCUT2D eigenvalue weighted by Gasteiger charge is 2.29. The third-order valence-electron chi connectivity index (χ3n) is 4.10. The van der Waals surface area contributed by atoms with E-state index in [1.54, 1.807) is 12.1 Å². The molecule has 28 heavy (non-hydrogen) atoms. The summed E-state index contributed by atoms with van der Waals surface area (Å²) in [7, 11) is 0. The van der Waals surface area contributed by atoms with Crippen molar-refractivity contribution in [2.75, 3.05) is 11.1 Å². The maximum Gasteiger partial charge on any atom is 0.234 e. The van der Waals surface area contributed by atoms with Gasteiger partial charge in [-0.25, -0.2) is 0 Å². The first-order valence-electron chi connectivity index (χ1n) is 8.34. The molecule has 2 amide bonds. The highest BCUT2D eigenvalue weighted by atomic mass is 79.9. The summed E-state index contributed by atoms with van der Waals surface area (Å²) in [6.07, 6.45) is 0.208. The van der Waals surface area contributed by atoms with Crippen molar-refractivity contribution < 1.29 is 9.59 Å². The van der Waals surface area contributed by atoms with Crippen LogP contribution in [0.5, 0.6) is 0 Å². The van der Waals surface area contributed by atoms with Gasteiger partial charge in [0, 0.05) is 27.0 Å². The fourth-order valence-electron chi connectivity index (χ4n) is 2.78. The highest BCUT2D eigenvalue weighted by Crippen LogP contribution is 2.36. The fourth-order valence-corrected chi connectivity index (χ4v) is 4.19. The van der Waals surface area contributed by atoms with Crippen molar-refractivity contribution in [1.82, 2.24) is 5.32 Å². The maximum absolute atomic E-state index is 12.2. The Morgan fingerprint density at radius 3 is 2.36 bits per heavy atom. The van der Waals surface area contributed by atoms with E-state index in [2.05, 4.69) is 48.6 Å². The molecule has 0 fully saturated rings. The Morgan fingerprint density at radius 2 is 1.75 bits per heavy atom. The van der Waals surface area contributed by atoms with Crippen LogP contribution < -0.4 is 10.6 Å². The fraction of sp³-hybridized carbons (Fsp3) is 0.150. The van der Waals surface area contributed by atoms with Crippen LogP contribution in [-0.2, 0) is 9.59 Å². The van der Waals surface area contributed by atoms with E-state index in [-0.39, 0.29) is 29.9 Å². The van der Waals surface area contributed by atoms with Crippen molar-refractivity contribution in [2.45, 2.75) is 12.3 Å². The summed E-state index contributed by atoms with van der Waals surface area (Å²) in [5.41, 5.74) is 2.05. The van der Waals surface area contributed by atoms with Crippen LogP contribution in [0.25, 0.3) is 0 Å². The van der Waals surface area contributed by atoms with Crippen LogP contribution in [0, 0.1) is 11.3 Å². The number of thioether (sulfide) groups is 1. The van der Waals surface area contributed by atoms with Crippen molar-refractivity contribution in [3.05, 3.63) is 73.6 Å². The van der Waals surface area contributed by atoms with Crippen LogP contribution in [0.4, 0.5) is 5.69 Å². The number of halogens is 2. The van der Waals surface area contributed by atoms with E-state index in [9.17, 15) is 14.9 Å². The highest BCUT2D eigenvalue weighted by molar-refractivity contribution is 9.10. The van der Waals surface area contributed by atoms with Crippen LogP contribution in [0.15, 0.2) is 68.1 Å². The van der Waals surface area contributed by atoms with Gasteiger partial charge >= 0.3 is 0 Å². The van der Waals surface area contributed by atoms with E-state index in [0.29, 0.717) is 16.3 Å². The lowest BCUT2D eigenvalue weighted by molar-refractivity contribution is -0.121. The molecule has 0 aromatic heterocycles. The molecule has 5 nitrogen and oxygen atoms in total. The van der Waals surface area contributed by atoms with Gasteiger partial charge in [-0.05, 0) is 42.0 Å². The summed E-state index contributed by atoms with van der Waals surface area (Å²) in [5.74, 6) is -0.604. The number of nitriles is 1. The second-order valence-electron chi connectivity index (χ2n) is 6.05. The third-order valence-corrected chi connectivity index (χ3v) is 6.18. The van der Waals surface area contributed by atoms with Gasteiger partial charge in [0.2, 0.25) is 11.8 Å². The Morgan fingerprint density at radius 1 is 1.14 bits per heavy atom. The zero-order valence-electron chi connectivity index (χ0n) is 14.5. The molecule has 0 saturated heterocycles. The maximum atomic E-state index is 12.2. The number of benzene rings is 2. The lowest BCUT2D eigenvalue weighted by Crippen LogP contribution is -2.31. The van der Waals surface area contributed by atoms with Crippen molar-refractivity contribution in [1.29, 1.82) is 5.26 Å². The molecule has 0 bridgehead atoms. The predicted molar refractivity (Wildman–Crippen MR) is 118 cm³/mol. The number of rotatable bonds is 5. The number of carbonyl (C=O) groups excluding carboxylic acids is 2. The molecule has 0 spiro atoms. The van der Waals surface area contributed by atoms with E-state index >= 15 is 0 Å². The first-order chi connectivity index (χ1) is 13.5. The Hall–Kier alpha value is -2.08. The number of hydrogen-bond acceptors (Lipinski definition) is 4. The van der Waals surface area contributed by atoms with Crippen molar-refractivity contribution >= 4 is 61.1 Å². The summed E-state index contributed by atoms with van der Waals surface area (Å²) < 4.78 is 1.85. The molecule has 8 heteroatoms. The molecular formula is C20H15Br2N3O2S. The number of anilines is 1. The molecule has 1 atom stereocenters. The smallest absolute Gasteiger partial charge is 0.234 e. The zero-order chi connectivity index (χ0) is 20.1. The summed E-state index contributed by atoms with van der Waals surface area (Å²) in [4.78, 5) is 24.4. The van der Waals surface area contributed by atoms with Crippen LogP contribution in [0.3, 0.4) is 0 Å². The summed E-state index contributed by atoms with van der Waals surface area (Å²) in [5, 5.41) is 15.7. The molecule has 2 N–H and O–H groups in total. The van der Waals surface area contributed by atoms with Crippen molar-refractivity contribution in [3.8, 4) is 6.07 Å². The van der Waals surface area contributed by atoms with Gasteiger partial charge in [0.1, 0.15) is 0 Å². The van der Waals surface area contributed by atoms with Gasteiger partial charge in [0.05, 0.1) is 22.4 Å². The van der Waals surface area contributed by atoms with Crippen molar-refractivity contribution in [3.63, 3.8) is 0 Å². The van der Waals surface area contributed by atoms with E-state index in [1.165, 1.54) is 0 Å². The second kappa shape index (κ2) is 9.41. The van der Waals surface area contributed by atoms with Gasteiger partial charge < -0.3 is 10.6 Å². The summed E-state index contributed by atoms with van der Waals surface area (Å²) >= 11 is 7.90. The Kier molecular flexibility index (Phi) is 6.94. The Bertz CT molecular complexity index is 966. The monoisotopic (exact) mass is 519 g/mol. The third kappa shape index (κ3) is 5.25. The molecule has 0 radical (unpaired) electrons. The largest absolute Gasteiger partial charge is 0.325 e. The van der Waals surface area contributed by atoms with Gasteiger partial charge in [0.25, 0.3) is 0 Å². The topological polar surface area (TPSA) is 82.0 Å². The summed E-state index contributed by atoms with van der Waals surface area (Å²) in [6, 6.07) is 17.0. The van der Waals surface area contributed by atoms with E-state index < -0.39 is 0 Å². The average Bonchev–Trinajstić information content (AvgIpc) is 2.68. The normalized spacial score (nSPS) is 16.3. The SMILES string of the molecule is N#CC1=C(SCC(=O)Nc2ccc(Br)cc2)NC(=O)C[C@@H]1c1ccc(Br)cc1. The molecule has 2 aromatic carbocycles. The lowest BCUT2D eigenvalue weighted by Gasteiger charge is -2.25. The van der Waals surface area contributed by atoms with Crippen LogP contribution in [0.1, 0.15) is 17.9 Å². The molecular weight excluding hydrogens is 506 g/mol. The minimum atomic E-state index is -0.316. The molecule has 3 rings (SSSR count). The number of hydrogen-bond donors (Lipinski definition) is 2. The van der Waals surface area contributed by atoms with Crippen LogP contribution in [-0.4, -0.2) is 17.6 Å². The van der Waals surface area contributed by atoms with Gasteiger partial charge in [-0.2, -0.15) is 5.26 Å². The first-order valence-corrected chi connectivity index (χ1v) is 10.9.